The third-order valence-corrected chi connectivity index (χ3v) is 4.04. The molecule has 0 aromatic heterocycles. The van der Waals surface area contributed by atoms with Crippen LogP contribution < -0.4 is 5.73 Å². The van der Waals surface area contributed by atoms with E-state index in [0.717, 1.165) is 17.0 Å². The van der Waals surface area contributed by atoms with Crippen molar-refractivity contribution in [3.05, 3.63) is 59.1 Å². The van der Waals surface area contributed by atoms with Crippen molar-refractivity contribution in [2.75, 3.05) is 0 Å². The largest absolute Gasteiger partial charge is 0.328 e. The molecule has 0 radical (unpaired) electrons. The zero-order valence-electron chi connectivity index (χ0n) is 10.3. The van der Waals surface area contributed by atoms with Crippen molar-refractivity contribution >= 4 is 23.4 Å². The molecular formula is C15H16ClNS. The summed E-state index contributed by atoms with van der Waals surface area (Å²) >= 11 is 8.00. The lowest BCUT2D eigenvalue weighted by molar-refractivity contribution is 0.729. The summed E-state index contributed by atoms with van der Waals surface area (Å²) in [6, 6.07) is 16.4. The Morgan fingerprint density at radius 2 is 1.83 bits per heavy atom. The molecule has 0 saturated heterocycles. The second-order valence-electron chi connectivity index (χ2n) is 4.31. The summed E-state index contributed by atoms with van der Waals surface area (Å²) in [7, 11) is 0. The summed E-state index contributed by atoms with van der Waals surface area (Å²) in [6.45, 7) is 2.00. The van der Waals surface area contributed by atoms with Crippen LogP contribution in [-0.4, -0.2) is 6.04 Å². The molecule has 0 spiro atoms. The third-order valence-electron chi connectivity index (χ3n) is 2.57. The minimum Gasteiger partial charge on any atom is -0.328 e. The van der Waals surface area contributed by atoms with E-state index < -0.39 is 0 Å². The highest BCUT2D eigenvalue weighted by atomic mass is 35.5. The van der Waals surface area contributed by atoms with Crippen molar-refractivity contribution in [2.45, 2.75) is 29.2 Å². The van der Waals surface area contributed by atoms with Gasteiger partial charge in [0.15, 0.2) is 0 Å². The molecule has 0 amide bonds. The summed E-state index contributed by atoms with van der Waals surface area (Å²) in [5, 5.41) is 0.799. The van der Waals surface area contributed by atoms with Crippen molar-refractivity contribution in [1.82, 2.24) is 0 Å². The molecule has 2 aromatic rings. The van der Waals surface area contributed by atoms with Gasteiger partial charge in [-0.05, 0) is 43.2 Å². The number of halogens is 1. The molecule has 1 atom stereocenters. The number of rotatable bonds is 4. The van der Waals surface area contributed by atoms with Gasteiger partial charge >= 0.3 is 0 Å². The topological polar surface area (TPSA) is 26.0 Å². The fourth-order valence-electron chi connectivity index (χ4n) is 1.77. The number of hydrogen-bond acceptors (Lipinski definition) is 2. The van der Waals surface area contributed by atoms with Crippen LogP contribution in [0, 0.1) is 0 Å². The van der Waals surface area contributed by atoms with Crippen LogP contribution in [0.3, 0.4) is 0 Å². The second-order valence-corrected chi connectivity index (χ2v) is 5.84. The Labute approximate surface area is 117 Å². The standard InChI is InChI=1S/C15H16ClNS/c1-11(17)10-13-14(16)8-5-9-15(13)18-12-6-3-2-4-7-12/h2-9,11H,10,17H2,1H3. The van der Waals surface area contributed by atoms with Crippen LogP contribution in [0.5, 0.6) is 0 Å². The van der Waals surface area contributed by atoms with Gasteiger partial charge in [0.2, 0.25) is 0 Å². The summed E-state index contributed by atoms with van der Waals surface area (Å²) in [5.74, 6) is 0. The van der Waals surface area contributed by atoms with Gasteiger partial charge in [0.1, 0.15) is 0 Å². The normalized spacial score (nSPS) is 12.4. The van der Waals surface area contributed by atoms with E-state index in [1.807, 2.05) is 37.3 Å². The smallest absolute Gasteiger partial charge is 0.0449 e. The molecule has 2 N–H and O–H groups in total. The maximum Gasteiger partial charge on any atom is 0.0449 e. The Morgan fingerprint density at radius 3 is 2.50 bits per heavy atom. The van der Waals surface area contributed by atoms with Gasteiger partial charge in [-0.15, -0.1) is 0 Å². The molecule has 0 aliphatic carbocycles. The zero-order valence-corrected chi connectivity index (χ0v) is 11.8. The Morgan fingerprint density at radius 1 is 1.11 bits per heavy atom. The van der Waals surface area contributed by atoms with Gasteiger partial charge in [0.05, 0.1) is 0 Å². The SMILES string of the molecule is CC(N)Cc1c(Cl)cccc1Sc1ccccc1. The summed E-state index contributed by atoms with van der Waals surface area (Å²) in [4.78, 5) is 2.40. The van der Waals surface area contributed by atoms with E-state index in [0.29, 0.717) is 0 Å². The lowest BCUT2D eigenvalue weighted by atomic mass is 10.1. The molecule has 0 aliphatic heterocycles. The Hall–Kier alpha value is -0.960. The molecule has 0 bridgehead atoms. The van der Waals surface area contributed by atoms with Crippen LogP contribution >= 0.6 is 23.4 Å². The monoisotopic (exact) mass is 277 g/mol. The van der Waals surface area contributed by atoms with E-state index in [2.05, 4.69) is 18.2 Å². The maximum absolute atomic E-state index is 6.27. The fraction of sp³-hybridized carbons (Fsp3) is 0.200. The highest BCUT2D eigenvalue weighted by molar-refractivity contribution is 7.99. The van der Waals surface area contributed by atoms with Gasteiger partial charge in [-0.1, -0.05) is 47.6 Å². The molecule has 18 heavy (non-hydrogen) atoms. The van der Waals surface area contributed by atoms with Gasteiger partial charge < -0.3 is 5.73 Å². The quantitative estimate of drug-likeness (QED) is 0.897. The molecule has 94 valence electrons. The predicted molar refractivity (Wildman–Crippen MR) is 79.4 cm³/mol. The first-order valence-electron chi connectivity index (χ1n) is 5.92. The average Bonchev–Trinajstić information content (AvgIpc) is 2.34. The van der Waals surface area contributed by atoms with Crippen molar-refractivity contribution in [3.63, 3.8) is 0 Å². The van der Waals surface area contributed by atoms with E-state index in [9.17, 15) is 0 Å². The third kappa shape index (κ3) is 3.52. The maximum atomic E-state index is 6.27. The average molecular weight is 278 g/mol. The fourth-order valence-corrected chi connectivity index (χ4v) is 3.09. The molecule has 3 heteroatoms. The Kier molecular flexibility index (Phi) is 4.70. The number of benzene rings is 2. The highest BCUT2D eigenvalue weighted by Crippen LogP contribution is 2.34. The van der Waals surface area contributed by atoms with Crippen molar-refractivity contribution in [2.24, 2.45) is 5.73 Å². The summed E-state index contributed by atoms with van der Waals surface area (Å²) in [6.07, 6.45) is 0.800. The molecule has 1 nitrogen and oxygen atoms in total. The number of nitrogens with two attached hydrogens (primary N) is 1. The Bertz CT molecular complexity index is 511. The summed E-state index contributed by atoms with van der Waals surface area (Å²) in [5.41, 5.74) is 7.03. The first kappa shape index (κ1) is 13.5. The molecular weight excluding hydrogens is 262 g/mol. The zero-order chi connectivity index (χ0) is 13.0. The molecule has 2 aromatic carbocycles. The van der Waals surface area contributed by atoms with E-state index in [1.54, 1.807) is 11.8 Å². The predicted octanol–water partition coefficient (Wildman–Crippen LogP) is 4.38. The number of hydrogen-bond donors (Lipinski definition) is 1. The van der Waals surface area contributed by atoms with E-state index in [4.69, 9.17) is 17.3 Å². The van der Waals surface area contributed by atoms with E-state index in [1.165, 1.54) is 9.79 Å². The van der Waals surface area contributed by atoms with Crippen molar-refractivity contribution in [3.8, 4) is 0 Å². The lowest BCUT2D eigenvalue weighted by Gasteiger charge is -2.13. The van der Waals surface area contributed by atoms with E-state index >= 15 is 0 Å². The minimum absolute atomic E-state index is 0.111. The van der Waals surface area contributed by atoms with Crippen LogP contribution in [0.15, 0.2) is 58.3 Å². The molecule has 1 unspecified atom stereocenters. The van der Waals surface area contributed by atoms with Crippen LogP contribution in [0.1, 0.15) is 12.5 Å². The van der Waals surface area contributed by atoms with Gasteiger partial charge in [-0.2, -0.15) is 0 Å². The van der Waals surface area contributed by atoms with Crippen LogP contribution in [-0.2, 0) is 6.42 Å². The molecule has 0 saturated carbocycles. The molecule has 0 heterocycles. The van der Waals surface area contributed by atoms with Gasteiger partial charge in [0, 0.05) is 20.9 Å². The molecule has 0 aliphatic rings. The summed E-state index contributed by atoms with van der Waals surface area (Å²) < 4.78 is 0. The first-order chi connectivity index (χ1) is 8.66. The van der Waals surface area contributed by atoms with E-state index in [-0.39, 0.29) is 6.04 Å². The van der Waals surface area contributed by atoms with Crippen molar-refractivity contribution < 1.29 is 0 Å². The van der Waals surface area contributed by atoms with Crippen LogP contribution in [0.25, 0.3) is 0 Å². The van der Waals surface area contributed by atoms with Crippen LogP contribution in [0.4, 0.5) is 0 Å². The molecule has 0 fully saturated rings. The molecule has 2 rings (SSSR count). The van der Waals surface area contributed by atoms with Crippen molar-refractivity contribution in [1.29, 1.82) is 0 Å². The second kappa shape index (κ2) is 6.28. The minimum atomic E-state index is 0.111. The van der Waals surface area contributed by atoms with Gasteiger partial charge in [-0.25, -0.2) is 0 Å². The first-order valence-corrected chi connectivity index (χ1v) is 7.12. The van der Waals surface area contributed by atoms with Crippen LogP contribution in [0.2, 0.25) is 5.02 Å². The van der Waals surface area contributed by atoms with Gasteiger partial charge in [0.25, 0.3) is 0 Å². The lowest BCUT2D eigenvalue weighted by Crippen LogP contribution is -2.18. The van der Waals surface area contributed by atoms with Gasteiger partial charge in [-0.3, -0.25) is 0 Å². The highest BCUT2D eigenvalue weighted by Gasteiger charge is 2.10. The Balaban J connectivity index is 2.30.